The Bertz CT molecular complexity index is 573. The van der Waals surface area contributed by atoms with Gasteiger partial charge in [-0.15, -0.1) is 0 Å². The van der Waals surface area contributed by atoms with Gasteiger partial charge >= 0.3 is 0 Å². The lowest BCUT2D eigenvalue weighted by molar-refractivity contribution is 0.169. The van der Waals surface area contributed by atoms with E-state index >= 15 is 0 Å². The van der Waals surface area contributed by atoms with Gasteiger partial charge in [0.2, 0.25) is 0 Å². The molecule has 1 aliphatic rings. The van der Waals surface area contributed by atoms with Gasteiger partial charge < -0.3 is 0 Å². The first-order valence-corrected chi connectivity index (χ1v) is 7.35. The summed E-state index contributed by atoms with van der Waals surface area (Å²) in [4.78, 5) is 0. The molecule has 0 spiro atoms. The van der Waals surface area contributed by atoms with E-state index in [4.69, 9.17) is 5.84 Å². The topological polar surface area (TPSA) is 38.0 Å². The van der Waals surface area contributed by atoms with Crippen molar-refractivity contribution in [3.8, 4) is 0 Å². The minimum Gasteiger partial charge on any atom is -0.271 e. The van der Waals surface area contributed by atoms with E-state index in [9.17, 15) is 0 Å². The Labute approximate surface area is 121 Å². The first-order chi connectivity index (χ1) is 9.78. The first-order valence-electron chi connectivity index (χ1n) is 7.35. The van der Waals surface area contributed by atoms with Crippen molar-refractivity contribution in [2.45, 2.75) is 37.6 Å². The van der Waals surface area contributed by atoms with E-state index in [-0.39, 0.29) is 11.5 Å². The molecule has 0 radical (unpaired) electrons. The van der Waals surface area contributed by atoms with Crippen LogP contribution in [0.1, 0.15) is 42.0 Å². The highest BCUT2D eigenvalue weighted by Gasteiger charge is 2.46. The van der Waals surface area contributed by atoms with Crippen molar-refractivity contribution in [1.29, 1.82) is 0 Å². The van der Waals surface area contributed by atoms with E-state index in [0.717, 1.165) is 0 Å². The van der Waals surface area contributed by atoms with Gasteiger partial charge in [0.1, 0.15) is 0 Å². The molecule has 2 heteroatoms. The van der Waals surface area contributed by atoms with Crippen molar-refractivity contribution < 1.29 is 0 Å². The van der Waals surface area contributed by atoms with Crippen molar-refractivity contribution in [3.05, 3.63) is 71.3 Å². The summed E-state index contributed by atoms with van der Waals surface area (Å²) in [6.45, 7) is 2.16. The molecule has 1 saturated carbocycles. The highest BCUT2D eigenvalue weighted by Crippen LogP contribution is 2.52. The van der Waals surface area contributed by atoms with Crippen LogP contribution in [0, 0.1) is 6.92 Å². The van der Waals surface area contributed by atoms with Gasteiger partial charge in [0.05, 0.1) is 6.04 Å². The zero-order valence-corrected chi connectivity index (χ0v) is 12.0. The summed E-state index contributed by atoms with van der Waals surface area (Å²) in [6, 6.07) is 19.5. The maximum absolute atomic E-state index is 5.96. The van der Waals surface area contributed by atoms with Crippen LogP contribution in [-0.2, 0) is 5.41 Å². The Morgan fingerprint density at radius 2 is 1.65 bits per heavy atom. The van der Waals surface area contributed by atoms with Gasteiger partial charge in [-0.3, -0.25) is 11.3 Å². The fourth-order valence-electron chi connectivity index (χ4n) is 3.53. The molecule has 2 nitrogen and oxygen atoms in total. The summed E-state index contributed by atoms with van der Waals surface area (Å²) in [5.74, 6) is 5.96. The van der Waals surface area contributed by atoms with E-state index < -0.39 is 0 Å². The number of hydrogen-bond acceptors (Lipinski definition) is 2. The molecule has 1 unspecified atom stereocenters. The maximum atomic E-state index is 5.96. The third kappa shape index (κ3) is 2.05. The number of hydrogen-bond donors (Lipinski definition) is 2. The summed E-state index contributed by atoms with van der Waals surface area (Å²) in [7, 11) is 0. The summed E-state index contributed by atoms with van der Waals surface area (Å²) >= 11 is 0. The van der Waals surface area contributed by atoms with Crippen LogP contribution in [-0.4, -0.2) is 0 Å². The molecule has 0 saturated heterocycles. The van der Waals surface area contributed by atoms with Gasteiger partial charge in [0.15, 0.2) is 0 Å². The van der Waals surface area contributed by atoms with Gasteiger partial charge in [-0.05, 0) is 36.5 Å². The van der Waals surface area contributed by atoms with E-state index in [1.54, 1.807) is 0 Å². The van der Waals surface area contributed by atoms with E-state index in [2.05, 4.69) is 66.9 Å². The highest BCUT2D eigenvalue weighted by atomic mass is 15.2. The van der Waals surface area contributed by atoms with Crippen LogP contribution < -0.4 is 11.3 Å². The highest BCUT2D eigenvalue weighted by molar-refractivity contribution is 5.38. The van der Waals surface area contributed by atoms with Gasteiger partial charge in [-0.2, -0.15) is 0 Å². The minimum atomic E-state index is 0.141. The number of aryl methyl sites for hydroxylation is 1. The molecule has 3 N–H and O–H groups in total. The van der Waals surface area contributed by atoms with Crippen LogP contribution in [0.25, 0.3) is 0 Å². The molecule has 2 aromatic rings. The summed E-state index contributed by atoms with van der Waals surface area (Å²) < 4.78 is 0. The largest absolute Gasteiger partial charge is 0.271 e. The molecule has 3 rings (SSSR count). The van der Waals surface area contributed by atoms with Crippen LogP contribution in [0.3, 0.4) is 0 Å². The predicted molar refractivity (Wildman–Crippen MR) is 83.2 cm³/mol. The summed E-state index contributed by atoms with van der Waals surface area (Å²) in [5.41, 5.74) is 7.26. The summed E-state index contributed by atoms with van der Waals surface area (Å²) in [6.07, 6.45) is 3.67. The Balaban J connectivity index is 2.05. The Morgan fingerprint density at radius 3 is 2.20 bits per heavy atom. The number of benzene rings is 2. The Morgan fingerprint density at radius 1 is 1.00 bits per heavy atom. The van der Waals surface area contributed by atoms with Crippen molar-refractivity contribution in [2.24, 2.45) is 5.84 Å². The second kappa shape index (κ2) is 5.39. The average molecular weight is 266 g/mol. The van der Waals surface area contributed by atoms with Crippen LogP contribution in [0.2, 0.25) is 0 Å². The molecule has 0 amide bonds. The lowest BCUT2D eigenvalue weighted by Gasteiger charge is -2.48. The standard InChI is InChI=1S/C18H22N2/c1-14-8-5-6-11-16(14)17(20-19)18(12-7-13-18)15-9-3-2-4-10-15/h2-6,8-11,17,20H,7,12-13,19H2,1H3. The lowest BCUT2D eigenvalue weighted by Crippen LogP contribution is -2.49. The van der Waals surface area contributed by atoms with Crippen molar-refractivity contribution in [2.75, 3.05) is 0 Å². The molecule has 1 atom stereocenters. The van der Waals surface area contributed by atoms with E-state index in [1.807, 2.05) is 0 Å². The smallest absolute Gasteiger partial charge is 0.0559 e. The average Bonchev–Trinajstić information content (AvgIpc) is 2.45. The molecule has 104 valence electrons. The SMILES string of the molecule is Cc1ccccc1C(NN)C1(c2ccccc2)CCC1. The third-order valence-electron chi connectivity index (χ3n) is 4.81. The van der Waals surface area contributed by atoms with Gasteiger partial charge in [-0.25, -0.2) is 0 Å². The fraction of sp³-hybridized carbons (Fsp3) is 0.333. The Hall–Kier alpha value is -1.64. The van der Waals surface area contributed by atoms with Crippen LogP contribution in [0.4, 0.5) is 0 Å². The quantitative estimate of drug-likeness (QED) is 0.655. The number of nitrogens with one attached hydrogen (secondary N) is 1. The van der Waals surface area contributed by atoms with E-state index in [1.165, 1.54) is 36.0 Å². The Kier molecular flexibility index (Phi) is 3.60. The number of rotatable bonds is 4. The molecule has 1 aliphatic carbocycles. The first kappa shape index (κ1) is 13.3. The second-order valence-corrected chi connectivity index (χ2v) is 5.83. The zero-order chi connectivity index (χ0) is 14.0. The molecule has 2 aromatic carbocycles. The van der Waals surface area contributed by atoms with Gasteiger partial charge in [-0.1, -0.05) is 61.0 Å². The van der Waals surface area contributed by atoms with Gasteiger partial charge in [0.25, 0.3) is 0 Å². The molecular formula is C18H22N2. The third-order valence-corrected chi connectivity index (χ3v) is 4.81. The fourth-order valence-corrected chi connectivity index (χ4v) is 3.53. The van der Waals surface area contributed by atoms with Crippen LogP contribution in [0.15, 0.2) is 54.6 Å². The van der Waals surface area contributed by atoms with E-state index in [0.29, 0.717) is 0 Å². The monoisotopic (exact) mass is 266 g/mol. The lowest BCUT2D eigenvalue weighted by atomic mass is 9.58. The van der Waals surface area contributed by atoms with Crippen molar-refractivity contribution in [1.82, 2.24) is 5.43 Å². The normalized spacial score (nSPS) is 18.3. The van der Waals surface area contributed by atoms with Crippen LogP contribution in [0.5, 0.6) is 0 Å². The molecule has 20 heavy (non-hydrogen) atoms. The molecule has 0 heterocycles. The predicted octanol–water partition coefficient (Wildman–Crippen LogP) is 3.62. The maximum Gasteiger partial charge on any atom is 0.0559 e. The second-order valence-electron chi connectivity index (χ2n) is 5.83. The molecule has 0 aromatic heterocycles. The van der Waals surface area contributed by atoms with Crippen LogP contribution >= 0.6 is 0 Å². The van der Waals surface area contributed by atoms with Gasteiger partial charge in [0, 0.05) is 5.41 Å². The number of hydrazine groups is 1. The minimum absolute atomic E-state index is 0.141. The molecular weight excluding hydrogens is 244 g/mol. The van der Waals surface area contributed by atoms with Crippen molar-refractivity contribution >= 4 is 0 Å². The summed E-state index contributed by atoms with van der Waals surface area (Å²) in [5, 5.41) is 0. The number of nitrogens with two attached hydrogens (primary N) is 1. The molecule has 0 bridgehead atoms. The zero-order valence-electron chi connectivity index (χ0n) is 12.0. The van der Waals surface area contributed by atoms with Crippen molar-refractivity contribution in [3.63, 3.8) is 0 Å². The molecule has 0 aliphatic heterocycles. The molecule has 1 fully saturated rings.